The van der Waals surface area contributed by atoms with Crippen LogP contribution in [0.2, 0.25) is 0 Å². The van der Waals surface area contributed by atoms with Gasteiger partial charge in [0.1, 0.15) is 0 Å². The van der Waals surface area contributed by atoms with Crippen LogP contribution in [0.15, 0.2) is 47.4 Å². The molecular weight excluding hydrogens is 386 g/mol. The average molecular weight is 419 g/mol. The highest BCUT2D eigenvalue weighted by Crippen LogP contribution is 2.22. The van der Waals surface area contributed by atoms with Gasteiger partial charge in [-0.3, -0.25) is 9.52 Å². The van der Waals surface area contributed by atoms with Crippen LogP contribution in [0.5, 0.6) is 0 Å². The van der Waals surface area contributed by atoms with Crippen LogP contribution >= 0.6 is 0 Å². The van der Waals surface area contributed by atoms with Gasteiger partial charge in [-0.15, -0.1) is 0 Å². The molecular formula is C22H32N3O3S+. The third kappa shape index (κ3) is 6.30. The van der Waals surface area contributed by atoms with Crippen LogP contribution in [0.4, 0.5) is 5.69 Å². The number of rotatable bonds is 8. The van der Waals surface area contributed by atoms with Crippen LogP contribution in [0.25, 0.3) is 0 Å². The fourth-order valence-corrected chi connectivity index (χ4v) is 4.41. The molecule has 3 N–H and O–H groups in total. The number of quaternary nitrogens is 1. The number of hydrogen-bond acceptors (Lipinski definition) is 3. The highest BCUT2D eigenvalue weighted by Gasteiger charge is 2.23. The molecule has 0 heterocycles. The lowest BCUT2D eigenvalue weighted by Crippen LogP contribution is -3.07. The molecule has 0 unspecified atom stereocenters. The van der Waals surface area contributed by atoms with Gasteiger partial charge in [-0.2, -0.15) is 0 Å². The number of carbonyl (C=O) groups excluding carboxylic acids is 1. The van der Waals surface area contributed by atoms with Crippen molar-refractivity contribution in [1.29, 1.82) is 0 Å². The summed E-state index contributed by atoms with van der Waals surface area (Å²) in [5.41, 5.74) is 2.85. The van der Waals surface area contributed by atoms with Crippen LogP contribution in [-0.4, -0.2) is 41.5 Å². The predicted octanol–water partition coefficient (Wildman–Crippen LogP) is 2.00. The van der Waals surface area contributed by atoms with E-state index in [1.807, 2.05) is 26.0 Å². The summed E-state index contributed by atoms with van der Waals surface area (Å²) in [6.07, 6.45) is 0. The smallest absolute Gasteiger partial charge is 0.261 e. The molecule has 158 valence electrons. The molecule has 29 heavy (non-hydrogen) atoms. The van der Waals surface area contributed by atoms with Crippen molar-refractivity contribution >= 4 is 21.6 Å². The molecule has 0 spiro atoms. The molecule has 0 saturated heterocycles. The number of aryl methyl sites for hydroxylation is 1. The van der Waals surface area contributed by atoms with Gasteiger partial charge in [0.05, 0.1) is 31.2 Å². The quantitative estimate of drug-likeness (QED) is 0.614. The molecule has 7 heteroatoms. The first-order chi connectivity index (χ1) is 13.4. The SMILES string of the molecule is Cc1cccc(NS(=O)(=O)c2ccc(C(=O)NCC(C)(C)C[NH+](C)C)cc2)c1C. The first kappa shape index (κ1) is 22.9. The van der Waals surface area contributed by atoms with Crippen molar-refractivity contribution in [1.82, 2.24) is 5.32 Å². The number of anilines is 1. The Balaban J connectivity index is 2.09. The second-order valence-corrected chi connectivity index (χ2v) is 10.3. The molecule has 0 aliphatic rings. The van der Waals surface area contributed by atoms with Crippen LogP contribution in [0.1, 0.15) is 35.3 Å². The largest absolute Gasteiger partial charge is 0.351 e. The topological polar surface area (TPSA) is 79.7 Å². The van der Waals surface area contributed by atoms with E-state index in [0.717, 1.165) is 17.7 Å². The zero-order valence-corrected chi connectivity index (χ0v) is 18.9. The number of sulfonamides is 1. The van der Waals surface area contributed by atoms with E-state index in [4.69, 9.17) is 0 Å². The standard InChI is InChI=1S/C22H31N3O3S/c1-16-8-7-9-20(17(16)2)24-29(27,28)19-12-10-18(11-13-19)21(26)23-14-22(3,4)15-25(5)6/h7-13,24H,14-15H2,1-6H3,(H,23,26)/p+1. The molecule has 0 aliphatic heterocycles. The molecule has 0 fully saturated rings. The van der Waals surface area contributed by atoms with Crippen molar-refractivity contribution in [3.8, 4) is 0 Å². The Hall–Kier alpha value is -2.38. The van der Waals surface area contributed by atoms with Crippen molar-refractivity contribution in [3.63, 3.8) is 0 Å². The maximum atomic E-state index is 12.7. The van der Waals surface area contributed by atoms with E-state index in [9.17, 15) is 13.2 Å². The van der Waals surface area contributed by atoms with Crippen LogP contribution in [-0.2, 0) is 10.0 Å². The molecule has 0 bridgehead atoms. The van der Waals surface area contributed by atoms with Crippen molar-refractivity contribution in [2.45, 2.75) is 32.6 Å². The molecule has 0 radical (unpaired) electrons. The lowest BCUT2D eigenvalue weighted by atomic mass is 9.93. The first-order valence-electron chi connectivity index (χ1n) is 9.68. The van der Waals surface area contributed by atoms with Gasteiger partial charge in [0.25, 0.3) is 15.9 Å². The molecule has 2 rings (SSSR count). The van der Waals surface area contributed by atoms with Gasteiger partial charge in [-0.1, -0.05) is 26.0 Å². The first-order valence-corrected chi connectivity index (χ1v) is 11.2. The summed E-state index contributed by atoms with van der Waals surface area (Å²) >= 11 is 0. The van der Waals surface area contributed by atoms with E-state index in [1.165, 1.54) is 29.2 Å². The third-order valence-electron chi connectivity index (χ3n) is 4.84. The van der Waals surface area contributed by atoms with Gasteiger partial charge in [0, 0.05) is 17.5 Å². The second kappa shape index (κ2) is 8.97. The van der Waals surface area contributed by atoms with E-state index < -0.39 is 10.0 Å². The van der Waals surface area contributed by atoms with Gasteiger partial charge < -0.3 is 10.2 Å². The minimum atomic E-state index is -3.73. The zero-order chi connectivity index (χ0) is 21.8. The monoisotopic (exact) mass is 418 g/mol. The minimum Gasteiger partial charge on any atom is -0.351 e. The van der Waals surface area contributed by atoms with Gasteiger partial charge in [-0.25, -0.2) is 8.42 Å². The molecule has 0 aliphatic carbocycles. The lowest BCUT2D eigenvalue weighted by Gasteiger charge is -2.26. The maximum absolute atomic E-state index is 12.7. The molecule has 0 atom stereocenters. The Morgan fingerprint density at radius 1 is 1.03 bits per heavy atom. The summed E-state index contributed by atoms with van der Waals surface area (Å²) < 4.78 is 28.0. The van der Waals surface area contributed by atoms with E-state index >= 15 is 0 Å². The zero-order valence-electron chi connectivity index (χ0n) is 18.1. The predicted molar refractivity (Wildman–Crippen MR) is 117 cm³/mol. The lowest BCUT2D eigenvalue weighted by molar-refractivity contribution is -0.865. The normalized spacial score (nSPS) is 12.1. The number of nitrogens with one attached hydrogen (secondary N) is 3. The number of hydrogen-bond donors (Lipinski definition) is 3. The van der Waals surface area contributed by atoms with E-state index in [2.05, 4.69) is 38.0 Å². The Morgan fingerprint density at radius 2 is 1.66 bits per heavy atom. The molecule has 2 aromatic carbocycles. The maximum Gasteiger partial charge on any atom is 0.261 e. The molecule has 0 aromatic heterocycles. The van der Waals surface area contributed by atoms with Gasteiger partial charge >= 0.3 is 0 Å². The summed E-state index contributed by atoms with van der Waals surface area (Å²) in [6, 6.07) is 11.5. The highest BCUT2D eigenvalue weighted by molar-refractivity contribution is 7.92. The van der Waals surface area contributed by atoms with Crippen molar-refractivity contribution in [2.24, 2.45) is 5.41 Å². The van der Waals surface area contributed by atoms with E-state index in [-0.39, 0.29) is 16.2 Å². The van der Waals surface area contributed by atoms with Crippen LogP contribution in [0.3, 0.4) is 0 Å². The molecule has 0 saturated carbocycles. The number of carbonyl (C=O) groups is 1. The summed E-state index contributed by atoms with van der Waals surface area (Å²) in [6.45, 7) is 9.49. The fourth-order valence-electron chi connectivity index (χ4n) is 3.29. The van der Waals surface area contributed by atoms with Crippen molar-refractivity contribution < 1.29 is 18.1 Å². The minimum absolute atomic E-state index is 0.0344. The fraction of sp³-hybridized carbons (Fsp3) is 0.409. The van der Waals surface area contributed by atoms with Crippen molar-refractivity contribution in [2.75, 3.05) is 31.9 Å². The Kier molecular flexibility index (Phi) is 7.08. The van der Waals surface area contributed by atoms with Gasteiger partial charge in [0.15, 0.2) is 0 Å². The van der Waals surface area contributed by atoms with Crippen LogP contribution in [0, 0.1) is 19.3 Å². The third-order valence-corrected chi connectivity index (χ3v) is 6.22. The summed E-state index contributed by atoms with van der Waals surface area (Å²) in [5.74, 6) is -0.210. The summed E-state index contributed by atoms with van der Waals surface area (Å²) in [7, 11) is 0.428. The molecule has 6 nitrogen and oxygen atoms in total. The highest BCUT2D eigenvalue weighted by atomic mass is 32.2. The average Bonchev–Trinajstić information content (AvgIpc) is 2.62. The summed E-state index contributed by atoms with van der Waals surface area (Å²) in [4.78, 5) is 13.9. The summed E-state index contributed by atoms with van der Waals surface area (Å²) in [5, 5.41) is 2.94. The number of amides is 1. The van der Waals surface area contributed by atoms with Gasteiger partial charge in [-0.05, 0) is 55.3 Å². The molecule has 2 aromatic rings. The van der Waals surface area contributed by atoms with E-state index in [1.54, 1.807) is 6.07 Å². The second-order valence-electron chi connectivity index (χ2n) is 8.61. The Bertz CT molecular complexity index is 965. The van der Waals surface area contributed by atoms with Crippen LogP contribution < -0.4 is 14.9 Å². The Labute approximate surface area is 174 Å². The number of benzene rings is 2. The van der Waals surface area contributed by atoms with Gasteiger partial charge in [0.2, 0.25) is 0 Å². The molecule has 1 amide bonds. The Morgan fingerprint density at radius 3 is 2.24 bits per heavy atom. The van der Waals surface area contributed by atoms with E-state index in [0.29, 0.717) is 17.8 Å². The van der Waals surface area contributed by atoms with Crippen molar-refractivity contribution in [3.05, 3.63) is 59.2 Å².